The van der Waals surface area contributed by atoms with Gasteiger partial charge in [0.25, 0.3) is 0 Å². The maximum Gasteiger partial charge on any atom is 0.407 e. The van der Waals surface area contributed by atoms with Gasteiger partial charge in [0.2, 0.25) is 0 Å². The number of ketones is 1. The summed E-state index contributed by atoms with van der Waals surface area (Å²) in [5, 5.41) is 2.84. The molecule has 0 aromatic heterocycles. The van der Waals surface area contributed by atoms with Crippen molar-refractivity contribution >= 4 is 11.9 Å². The fourth-order valence-corrected chi connectivity index (χ4v) is 2.39. The lowest BCUT2D eigenvalue weighted by Crippen LogP contribution is -2.47. The molecular weight excluding hydrogens is 278 g/mol. The normalized spacial score (nSPS) is 13.3. The molecule has 0 saturated carbocycles. The standard InChI is InChI=1S/C18H31NO3/c1-8-10-15(11-9-2)12-22-16(21)19-18(6,7)13-17(4,5)14(3)20/h8,10-11H,9,12-13H2,1-7H3,(H,19,21)/b10-8-,15-11+. The summed E-state index contributed by atoms with van der Waals surface area (Å²) in [5.74, 6) is 0.108. The summed E-state index contributed by atoms with van der Waals surface area (Å²) >= 11 is 0. The zero-order valence-corrected chi connectivity index (χ0v) is 15.1. The highest BCUT2D eigenvalue weighted by Gasteiger charge is 2.33. The summed E-state index contributed by atoms with van der Waals surface area (Å²) in [5.41, 5.74) is -0.0155. The van der Waals surface area contributed by atoms with E-state index < -0.39 is 17.0 Å². The van der Waals surface area contributed by atoms with Gasteiger partial charge in [-0.05, 0) is 46.1 Å². The molecule has 0 aromatic rings. The maximum atomic E-state index is 12.0. The zero-order valence-electron chi connectivity index (χ0n) is 15.1. The van der Waals surface area contributed by atoms with E-state index >= 15 is 0 Å². The average Bonchev–Trinajstić information content (AvgIpc) is 2.34. The number of Topliss-reactive ketones (excluding diaryl/α,β-unsaturated/α-hetero) is 1. The second-order valence-corrected chi connectivity index (χ2v) is 6.89. The number of rotatable bonds is 8. The fourth-order valence-electron chi connectivity index (χ4n) is 2.39. The molecule has 0 unspecified atom stereocenters. The number of carbonyl (C=O) groups is 2. The van der Waals surface area contributed by atoms with Gasteiger partial charge in [-0.15, -0.1) is 0 Å². The molecule has 0 fully saturated rings. The first-order chi connectivity index (χ1) is 10.0. The van der Waals surface area contributed by atoms with Gasteiger partial charge in [0.05, 0.1) is 0 Å². The molecule has 0 aromatic carbocycles. The van der Waals surface area contributed by atoms with Crippen LogP contribution in [0.4, 0.5) is 4.79 Å². The summed E-state index contributed by atoms with van der Waals surface area (Å²) in [6.07, 6.45) is 6.86. The predicted octanol–water partition coefficient (Wildman–Crippen LogP) is 4.41. The van der Waals surface area contributed by atoms with Crippen LogP contribution in [0.5, 0.6) is 0 Å². The molecule has 0 radical (unpaired) electrons. The number of allylic oxidation sites excluding steroid dienone is 2. The lowest BCUT2D eigenvalue weighted by molar-refractivity contribution is -0.125. The molecule has 4 nitrogen and oxygen atoms in total. The Kier molecular flexibility index (Phi) is 8.13. The highest BCUT2D eigenvalue weighted by Crippen LogP contribution is 2.28. The van der Waals surface area contributed by atoms with Crippen molar-refractivity contribution in [2.75, 3.05) is 6.61 Å². The Labute approximate surface area is 135 Å². The largest absolute Gasteiger partial charge is 0.445 e. The van der Waals surface area contributed by atoms with E-state index in [0.29, 0.717) is 6.42 Å². The van der Waals surface area contributed by atoms with E-state index in [4.69, 9.17) is 4.74 Å². The minimum atomic E-state index is -0.512. The van der Waals surface area contributed by atoms with Gasteiger partial charge in [-0.1, -0.05) is 39.0 Å². The monoisotopic (exact) mass is 309 g/mol. The van der Waals surface area contributed by atoms with Gasteiger partial charge in [-0.2, -0.15) is 0 Å². The molecule has 0 atom stereocenters. The Hall–Kier alpha value is -1.58. The van der Waals surface area contributed by atoms with Gasteiger partial charge >= 0.3 is 6.09 Å². The molecule has 0 rings (SSSR count). The lowest BCUT2D eigenvalue weighted by Gasteiger charge is -2.33. The molecule has 4 heteroatoms. The van der Waals surface area contributed by atoms with E-state index in [9.17, 15) is 9.59 Å². The molecule has 0 aliphatic heterocycles. The molecule has 0 bridgehead atoms. The maximum absolute atomic E-state index is 12.0. The van der Waals surface area contributed by atoms with E-state index in [1.807, 2.05) is 59.8 Å². The number of alkyl carbamates (subject to hydrolysis) is 1. The third-order valence-corrected chi connectivity index (χ3v) is 3.49. The van der Waals surface area contributed by atoms with Crippen LogP contribution in [0.1, 0.15) is 61.3 Å². The van der Waals surface area contributed by atoms with Crippen LogP contribution in [0.3, 0.4) is 0 Å². The number of nitrogens with one attached hydrogen (secondary N) is 1. The summed E-state index contributed by atoms with van der Waals surface area (Å²) in [4.78, 5) is 23.6. The third-order valence-electron chi connectivity index (χ3n) is 3.49. The number of ether oxygens (including phenoxy) is 1. The summed E-state index contributed by atoms with van der Waals surface area (Å²) < 4.78 is 5.27. The molecule has 22 heavy (non-hydrogen) atoms. The van der Waals surface area contributed by atoms with Crippen molar-refractivity contribution in [3.63, 3.8) is 0 Å². The van der Waals surface area contributed by atoms with Gasteiger partial charge in [-0.25, -0.2) is 4.79 Å². The SMILES string of the molecule is C/C=C\C(=C/CC)COC(=O)NC(C)(C)CC(C)(C)C(C)=O. The second kappa shape index (κ2) is 8.76. The Morgan fingerprint density at radius 2 is 1.77 bits per heavy atom. The Morgan fingerprint density at radius 3 is 2.23 bits per heavy atom. The van der Waals surface area contributed by atoms with Crippen LogP contribution < -0.4 is 5.32 Å². The van der Waals surface area contributed by atoms with Gasteiger partial charge in [0.1, 0.15) is 12.4 Å². The molecule has 1 N–H and O–H groups in total. The first-order valence-electron chi connectivity index (χ1n) is 7.82. The van der Waals surface area contributed by atoms with E-state index in [1.165, 1.54) is 0 Å². The molecule has 0 saturated heterocycles. The quantitative estimate of drug-likeness (QED) is 0.676. The van der Waals surface area contributed by atoms with Gasteiger partial charge in [-0.3, -0.25) is 4.79 Å². The number of hydrogen-bond acceptors (Lipinski definition) is 3. The highest BCUT2D eigenvalue weighted by molar-refractivity contribution is 5.81. The average molecular weight is 309 g/mol. The smallest absolute Gasteiger partial charge is 0.407 e. The Morgan fingerprint density at radius 1 is 1.18 bits per heavy atom. The van der Waals surface area contributed by atoms with Crippen molar-refractivity contribution < 1.29 is 14.3 Å². The van der Waals surface area contributed by atoms with Crippen LogP contribution in [0.15, 0.2) is 23.8 Å². The Balaban J connectivity index is 4.58. The second-order valence-electron chi connectivity index (χ2n) is 6.89. The number of amides is 1. The Bertz CT molecular complexity index is 445. The van der Waals surface area contributed by atoms with Crippen molar-refractivity contribution in [3.8, 4) is 0 Å². The molecule has 1 amide bonds. The molecular formula is C18H31NO3. The van der Waals surface area contributed by atoms with Gasteiger partial charge in [0, 0.05) is 11.0 Å². The van der Waals surface area contributed by atoms with Crippen molar-refractivity contribution in [2.45, 2.75) is 66.8 Å². The molecule has 0 aliphatic rings. The molecule has 0 spiro atoms. The van der Waals surface area contributed by atoms with Crippen LogP contribution in [-0.2, 0) is 9.53 Å². The van der Waals surface area contributed by atoms with E-state index in [-0.39, 0.29) is 12.4 Å². The first kappa shape index (κ1) is 20.4. The van der Waals surface area contributed by atoms with Crippen LogP contribution in [0, 0.1) is 5.41 Å². The number of hydrogen-bond donors (Lipinski definition) is 1. The molecule has 0 heterocycles. The van der Waals surface area contributed by atoms with Crippen molar-refractivity contribution in [1.29, 1.82) is 0 Å². The topological polar surface area (TPSA) is 55.4 Å². The van der Waals surface area contributed by atoms with Crippen LogP contribution in [0.25, 0.3) is 0 Å². The van der Waals surface area contributed by atoms with Crippen molar-refractivity contribution in [1.82, 2.24) is 5.32 Å². The minimum absolute atomic E-state index is 0.108. The summed E-state index contributed by atoms with van der Waals surface area (Å²) in [6, 6.07) is 0. The van der Waals surface area contributed by atoms with Crippen molar-refractivity contribution in [3.05, 3.63) is 23.8 Å². The van der Waals surface area contributed by atoms with E-state index in [0.717, 1.165) is 12.0 Å². The summed E-state index contributed by atoms with van der Waals surface area (Å²) in [7, 11) is 0. The molecule has 0 aliphatic carbocycles. The van der Waals surface area contributed by atoms with E-state index in [1.54, 1.807) is 6.92 Å². The lowest BCUT2D eigenvalue weighted by atomic mass is 9.77. The minimum Gasteiger partial charge on any atom is -0.445 e. The van der Waals surface area contributed by atoms with Crippen molar-refractivity contribution in [2.24, 2.45) is 5.41 Å². The van der Waals surface area contributed by atoms with Crippen LogP contribution >= 0.6 is 0 Å². The molecule has 126 valence electrons. The highest BCUT2D eigenvalue weighted by atomic mass is 16.5. The number of carbonyl (C=O) groups excluding carboxylic acids is 2. The van der Waals surface area contributed by atoms with Crippen LogP contribution in [0.2, 0.25) is 0 Å². The van der Waals surface area contributed by atoms with Crippen LogP contribution in [-0.4, -0.2) is 24.0 Å². The predicted molar refractivity (Wildman–Crippen MR) is 90.8 cm³/mol. The summed E-state index contributed by atoms with van der Waals surface area (Å²) in [6.45, 7) is 13.4. The zero-order chi connectivity index (χ0) is 17.4. The fraction of sp³-hybridized carbons (Fsp3) is 0.667. The van der Waals surface area contributed by atoms with E-state index in [2.05, 4.69) is 5.32 Å². The van der Waals surface area contributed by atoms with Gasteiger partial charge in [0.15, 0.2) is 0 Å². The first-order valence-corrected chi connectivity index (χ1v) is 7.82. The van der Waals surface area contributed by atoms with Gasteiger partial charge < -0.3 is 10.1 Å². The third kappa shape index (κ3) is 8.01.